The van der Waals surface area contributed by atoms with Crippen LogP contribution in [0.2, 0.25) is 0 Å². The third kappa shape index (κ3) is 3.57. The van der Waals surface area contributed by atoms with Crippen LogP contribution in [0.25, 0.3) is 0 Å². The number of anilines is 2. The monoisotopic (exact) mass is 387 g/mol. The fourth-order valence-electron chi connectivity index (χ4n) is 3.25. The maximum absolute atomic E-state index is 13.1. The molecule has 2 aromatic carbocycles. The fraction of sp³-hybridized carbons (Fsp3) is 0.350. The first-order valence-corrected chi connectivity index (χ1v) is 10.4. The predicted molar refractivity (Wildman–Crippen MR) is 107 cm³/mol. The molecule has 1 aliphatic heterocycles. The van der Waals surface area contributed by atoms with Crippen LogP contribution >= 0.6 is 0 Å². The molecule has 0 aliphatic carbocycles. The quantitative estimate of drug-likeness (QED) is 0.818. The highest BCUT2D eigenvalue weighted by molar-refractivity contribution is 7.89. The third-order valence-electron chi connectivity index (χ3n) is 5.02. The first kappa shape index (κ1) is 19.4. The van der Waals surface area contributed by atoms with E-state index in [-0.39, 0.29) is 16.8 Å². The normalized spacial score (nSPS) is 14.5. The number of fused-ring (bicyclic) bond motifs is 1. The van der Waals surface area contributed by atoms with Gasteiger partial charge in [0.25, 0.3) is 5.91 Å². The van der Waals surface area contributed by atoms with Crippen LogP contribution in [-0.4, -0.2) is 38.3 Å². The van der Waals surface area contributed by atoms with E-state index in [0.717, 1.165) is 24.1 Å². The molecule has 0 saturated carbocycles. The van der Waals surface area contributed by atoms with Crippen molar-refractivity contribution < 1.29 is 13.2 Å². The van der Waals surface area contributed by atoms with Crippen molar-refractivity contribution in [3.63, 3.8) is 0 Å². The molecule has 0 radical (unpaired) electrons. The van der Waals surface area contributed by atoms with Crippen LogP contribution in [0.3, 0.4) is 0 Å². The minimum absolute atomic E-state index is 0.120. The topological polar surface area (TPSA) is 83.7 Å². The molecule has 0 atom stereocenters. The van der Waals surface area contributed by atoms with Crippen LogP contribution in [0.4, 0.5) is 11.4 Å². The van der Waals surface area contributed by atoms with Crippen molar-refractivity contribution in [1.82, 2.24) is 4.31 Å². The molecule has 0 spiro atoms. The zero-order valence-electron chi connectivity index (χ0n) is 15.8. The van der Waals surface area contributed by atoms with Crippen LogP contribution in [0.15, 0.2) is 47.4 Å². The molecule has 1 amide bonds. The molecule has 27 heavy (non-hydrogen) atoms. The first-order valence-electron chi connectivity index (χ1n) is 9.01. The van der Waals surface area contributed by atoms with Gasteiger partial charge in [-0.2, -0.15) is 4.31 Å². The number of nitrogens with two attached hydrogens (primary N) is 1. The maximum Gasteiger partial charge on any atom is 0.258 e. The van der Waals surface area contributed by atoms with Crippen molar-refractivity contribution in [3.8, 4) is 0 Å². The molecular formula is C20H25N3O3S. The second-order valence-corrected chi connectivity index (χ2v) is 9.05. The second kappa shape index (κ2) is 7.32. The van der Waals surface area contributed by atoms with Gasteiger partial charge in [0.2, 0.25) is 10.0 Å². The number of rotatable bonds is 4. The van der Waals surface area contributed by atoms with Crippen LogP contribution in [0, 0.1) is 0 Å². The summed E-state index contributed by atoms with van der Waals surface area (Å²) in [6, 6.07) is 11.6. The number of carbonyl (C=O) groups excluding carboxylic acids is 1. The zero-order valence-corrected chi connectivity index (χ0v) is 16.7. The number of nitrogen functional groups attached to an aromatic ring is 1. The number of amides is 1. The molecule has 3 rings (SSSR count). The van der Waals surface area contributed by atoms with Crippen molar-refractivity contribution >= 4 is 27.3 Å². The molecule has 1 aliphatic rings. The Hall–Kier alpha value is -2.38. The summed E-state index contributed by atoms with van der Waals surface area (Å²) in [5.41, 5.74) is 8.87. The average molecular weight is 388 g/mol. The highest BCUT2D eigenvalue weighted by atomic mass is 32.2. The molecule has 6 nitrogen and oxygen atoms in total. The lowest BCUT2D eigenvalue weighted by Crippen LogP contribution is -2.36. The van der Waals surface area contributed by atoms with E-state index in [1.807, 2.05) is 32.0 Å². The summed E-state index contributed by atoms with van der Waals surface area (Å²) in [5, 5.41) is 0. The summed E-state index contributed by atoms with van der Waals surface area (Å²) in [7, 11) is -2.11. The number of sulfonamides is 1. The van der Waals surface area contributed by atoms with Crippen LogP contribution in [0.5, 0.6) is 0 Å². The summed E-state index contributed by atoms with van der Waals surface area (Å²) in [6.45, 7) is 4.20. The average Bonchev–Trinajstić information content (AvgIpc) is 2.66. The Bertz CT molecular complexity index is 970. The van der Waals surface area contributed by atoms with E-state index >= 15 is 0 Å². The molecule has 0 unspecified atom stereocenters. The lowest BCUT2D eigenvalue weighted by atomic mass is 9.99. The summed E-state index contributed by atoms with van der Waals surface area (Å²) < 4.78 is 26.8. The molecule has 2 N–H and O–H groups in total. The van der Waals surface area contributed by atoms with Crippen molar-refractivity contribution in [3.05, 3.63) is 53.6 Å². The van der Waals surface area contributed by atoms with Gasteiger partial charge < -0.3 is 10.6 Å². The Balaban J connectivity index is 1.98. The van der Waals surface area contributed by atoms with E-state index in [1.54, 1.807) is 17.0 Å². The lowest BCUT2D eigenvalue weighted by molar-refractivity contribution is 0.0985. The first-order chi connectivity index (χ1) is 12.7. The molecule has 2 aromatic rings. The maximum atomic E-state index is 13.1. The largest absolute Gasteiger partial charge is 0.398 e. The van der Waals surface area contributed by atoms with E-state index in [1.165, 1.54) is 23.5 Å². The van der Waals surface area contributed by atoms with Crippen LogP contribution in [0.1, 0.15) is 36.2 Å². The zero-order chi connectivity index (χ0) is 19.8. The Morgan fingerprint density at radius 2 is 1.89 bits per heavy atom. The second-order valence-electron chi connectivity index (χ2n) is 7.05. The van der Waals surface area contributed by atoms with Gasteiger partial charge in [0.15, 0.2) is 0 Å². The fourth-order valence-corrected chi connectivity index (χ4v) is 4.67. The van der Waals surface area contributed by atoms with Gasteiger partial charge in [0.05, 0.1) is 4.90 Å². The van der Waals surface area contributed by atoms with Crippen molar-refractivity contribution in [2.75, 3.05) is 24.2 Å². The van der Waals surface area contributed by atoms with E-state index in [2.05, 4.69) is 0 Å². The number of nitrogens with zero attached hydrogens (tertiary/aromatic N) is 2. The van der Waals surface area contributed by atoms with Crippen LogP contribution < -0.4 is 10.6 Å². The van der Waals surface area contributed by atoms with Crippen molar-refractivity contribution in [1.29, 1.82) is 0 Å². The predicted octanol–water partition coefficient (Wildman–Crippen LogP) is 2.89. The van der Waals surface area contributed by atoms with Crippen LogP contribution in [-0.2, 0) is 16.4 Å². The van der Waals surface area contributed by atoms with Crippen molar-refractivity contribution in [2.45, 2.75) is 37.6 Å². The Kier molecular flexibility index (Phi) is 5.26. The Morgan fingerprint density at radius 1 is 1.19 bits per heavy atom. The number of hydrogen-bond acceptors (Lipinski definition) is 4. The molecule has 0 bridgehead atoms. The summed E-state index contributed by atoms with van der Waals surface area (Å²) in [5.74, 6) is -0.217. The van der Waals surface area contributed by atoms with Gasteiger partial charge in [0, 0.05) is 36.6 Å². The molecule has 7 heteroatoms. The molecule has 144 valence electrons. The summed E-state index contributed by atoms with van der Waals surface area (Å²) >= 11 is 0. The van der Waals surface area contributed by atoms with Gasteiger partial charge in [-0.25, -0.2) is 8.42 Å². The Morgan fingerprint density at radius 3 is 2.59 bits per heavy atom. The summed E-state index contributed by atoms with van der Waals surface area (Å²) in [4.78, 5) is 14.9. The molecule has 0 aromatic heterocycles. The summed E-state index contributed by atoms with van der Waals surface area (Å²) in [6.07, 6.45) is 1.65. The standard InChI is InChI=1S/C20H25N3O3S/c1-14(2)22(3)27(25,26)16-8-4-7-15(13-16)20(24)23-12-6-9-17-18(21)10-5-11-19(17)23/h4-5,7-8,10-11,13-14H,6,9,12,21H2,1-3H3. The van der Waals surface area contributed by atoms with E-state index in [0.29, 0.717) is 17.8 Å². The SMILES string of the molecule is CC(C)N(C)S(=O)(=O)c1cccc(C(=O)N2CCCc3c(N)cccc32)c1. The molecule has 1 heterocycles. The third-order valence-corrected chi connectivity index (χ3v) is 7.05. The van der Waals surface area contributed by atoms with Gasteiger partial charge in [-0.15, -0.1) is 0 Å². The van der Waals surface area contributed by atoms with Gasteiger partial charge >= 0.3 is 0 Å². The minimum atomic E-state index is -3.65. The number of hydrogen-bond donors (Lipinski definition) is 1. The highest BCUT2D eigenvalue weighted by Gasteiger charge is 2.27. The number of benzene rings is 2. The van der Waals surface area contributed by atoms with Gasteiger partial charge in [-0.3, -0.25) is 4.79 Å². The van der Waals surface area contributed by atoms with Gasteiger partial charge in [-0.05, 0) is 62.6 Å². The number of carbonyl (C=O) groups is 1. The van der Waals surface area contributed by atoms with Gasteiger partial charge in [-0.1, -0.05) is 12.1 Å². The Labute approximate surface area is 160 Å². The van der Waals surface area contributed by atoms with Crippen molar-refractivity contribution in [2.24, 2.45) is 0 Å². The van der Waals surface area contributed by atoms with Gasteiger partial charge in [0.1, 0.15) is 0 Å². The van der Waals surface area contributed by atoms with E-state index in [4.69, 9.17) is 5.73 Å². The molecule has 0 fully saturated rings. The minimum Gasteiger partial charge on any atom is -0.398 e. The van der Waals surface area contributed by atoms with E-state index in [9.17, 15) is 13.2 Å². The van der Waals surface area contributed by atoms with E-state index < -0.39 is 10.0 Å². The lowest BCUT2D eigenvalue weighted by Gasteiger charge is -2.30. The molecular weight excluding hydrogens is 362 g/mol. The highest BCUT2D eigenvalue weighted by Crippen LogP contribution is 2.32. The molecule has 0 saturated heterocycles. The smallest absolute Gasteiger partial charge is 0.258 e.